The van der Waals surface area contributed by atoms with E-state index in [2.05, 4.69) is 82.3 Å². The number of hydrogen-bond acceptors (Lipinski definition) is 5. The van der Waals surface area contributed by atoms with E-state index in [0.717, 1.165) is 58.9 Å². The molecule has 3 heterocycles. The number of aryl methyl sites for hydroxylation is 4. The molecule has 1 N–H and O–H groups in total. The molecule has 6 rings (SSSR count). The smallest absolute Gasteiger partial charge is 0.162 e. The maximum atomic E-state index is 11.7. The Balaban J connectivity index is 0.000000279. The van der Waals surface area contributed by atoms with Crippen molar-refractivity contribution in [2.45, 2.75) is 81.1 Å². The van der Waals surface area contributed by atoms with Gasteiger partial charge >= 0.3 is 0 Å². The van der Waals surface area contributed by atoms with Crippen molar-refractivity contribution in [1.82, 2.24) is 4.98 Å². The summed E-state index contributed by atoms with van der Waals surface area (Å²) in [5.74, 6) is 0.547. The van der Waals surface area contributed by atoms with Crippen LogP contribution >= 0.6 is 11.3 Å². The number of aromatic nitrogens is 1. The van der Waals surface area contributed by atoms with Crippen molar-refractivity contribution >= 4 is 49.1 Å². The molecule has 6 heteroatoms. The summed E-state index contributed by atoms with van der Waals surface area (Å²) in [6.45, 7) is 16.7. The average Bonchev–Trinajstić information content (AvgIpc) is 3.63. The van der Waals surface area contributed by atoms with Crippen molar-refractivity contribution in [2.24, 2.45) is 11.8 Å². The molecule has 4 nitrogen and oxygen atoms in total. The molecule has 1 radical (unpaired) electrons. The summed E-state index contributed by atoms with van der Waals surface area (Å²) >= 11 is 1.80. The van der Waals surface area contributed by atoms with E-state index in [-0.39, 0.29) is 43.5 Å². The van der Waals surface area contributed by atoms with E-state index in [9.17, 15) is 9.90 Å². The van der Waals surface area contributed by atoms with Gasteiger partial charge in [0.25, 0.3) is 0 Å². The van der Waals surface area contributed by atoms with Crippen molar-refractivity contribution in [3.8, 4) is 22.4 Å². The number of aliphatic hydroxyl groups excluding tert-OH is 1. The molecular formula is C42H46IrNO3S-. The predicted molar refractivity (Wildman–Crippen MR) is 199 cm³/mol. The van der Waals surface area contributed by atoms with E-state index < -0.39 is 0 Å². The van der Waals surface area contributed by atoms with Crippen LogP contribution in [0.15, 0.2) is 77.0 Å². The van der Waals surface area contributed by atoms with E-state index >= 15 is 0 Å². The van der Waals surface area contributed by atoms with Crippen molar-refractivity contribution in [2.75, 3.05) is 0 Å². The molecule has 0 aliphatic carbocycles. The standard InChI is InChI=1S/C29H22NOS.C13H24O2.Ir/c1-16-7-5-8-17(2)27(16)23-14-25(30-15-18(23)3)22-10-6-9-20-21-11-12-26-24(13-19(4)32-26)29(21)31-28(20)22;1-5-10(6-2)12(14)9-13(15)11(7-3)8-4;/h5-9,11-15H,1-4H3;9-11,14H,5-8H2,1-4H3;/q-1;;/b;12-9-;. The number of carbonyl (C=O) groups excluding carboxylic acids is 1. The van der Waals surface area contributed by atoms with E-state index in [4.69, 9.17) is 9.40 Å². The molecule has 6 aromatic rings. The first-order valence-electron chi connectivity index (χ1n) is 16.9. The minimum absolute atomic E-state index is 0. The van der Waals surface area contributed by atoms with Gasteiger partial charge in [0.15, 0.2) is 5.78 Å². The van der Waals surface area contributed by atoms with Gasteiger partial charge in [0, 0.05) is 64.6 Å². The fourth-order valence-electron chi connectivity index (χ4n) is 6.58. The summed E-state index contributed by atoms with van der Waals surface area (Å²) in [6.07, 6.45) is 6.87. The zero-order valence-corrected chi connectivity index (χ0v) is 32.5. The number of aliphatic hydroxyl groups is 1. The van der Waals surface area contributed by atoms with E-state index in [1.165, 1.54) is 48.9 Å². The summed E-state index contributed by atoms with van der Waals surface area (Å²) in [5.41, 5.74) is 9.79. The van der Waals surface area contributed by atoms with Crippen molar-refractivity contribution in [3.63, 3.8) is 0 Å². The third-order valence-electron chi connectivity index (χ3n) is 9.41. The third kappa shape index (κ3) is 7.52. The van der Waals surface area contributed by atoms with Gasteiger partial charge in [0.1, 0.15) is 5.58 Å². The molecule has 48 heavy (non-hydrogen) atoms. The second-order valence-electron chi connectivity index (χ2n) is 12.6. The quantitative estimate of drug-likeness (QED) is 0.0895. The zero-order chi connectivity index (χ0) is 33.8. The maximum absolute atomic E-state index is 11.7. The normalized spacial score (nSPS) is 11.8. The Labute approximate surface area is 302 Å². The van der Waals surface area contributed by atoms with Gasteiger partial charge in [-0.15, -0.1) is 29.5 Å². The number of furan rings is 1. The fourth-order valence-corrected chi connectivity index (χ4v) is 7.50. The molecule has 0 aliphatic heterocycles. The number of nitrogens with zero attached hydrogens (tertiary/aromatic N) is 1. The van der Waals surface area contributed by atoms with Crippen LogP contribution in [0, 0.1) is 45.6 Å². The van der Waals surface area contributed by atoms with E-state index in [1.54, 1.807) is 11.3 Å². The molecule has 0 saturated heterocycles. The van der Waals surface area contributed by atoms with Crippen LogP contribution in [0.5, 0.6) is 0 Å². The molecule has 0 aliphatic rings. The second-order valence-corrected chi connectivity index (χ2v) is 13.8. The Bertz CT molecular complexity index is 2060. The van der Waals surface area contributed by atoms with Crippen LogP contribution in [0.2, 0.25) is 0 Å². The van der Waals surface area contributed by atoms with Crippen LogP contribution in [-0.2, 0) is 24.9 Å². The summed E-state index contributed by atoms with van der Waals surface area (Å²) in [6, 6.07) is 22.7. The van der Waals surface area contributed by atoms with Crippen molar-refractivity contribution in [3.05, 3.63) is 100 Å². The summed E-state index contributed by atoms with van der Waals surface area (Å²) in [7, 11) is 0. The largest absolute Gasteiger partial charge is 0.512 e. The summed E-state index contributed by atoms with van der Waals surface area (Å²) in [4.78, 5) is 17.8. The number of allylic oxidation sites excluding steroid dienone is 2. The van der Waals surface area contributed by atoms with Crippen molar-refractivity contribution in [1.29, 1.82) is 0 Å². The summed E-state index contributed by atoms with van der Waals surface area (Å²) in [5, 5.41) is 13.2. The van der Waals surface area contributed by atoms with Gasteiger partial charge < -0.3 is 14.5 Å². The Kier molecular flexibility index (Phi) is 12.6. The number of rotatable bonds is 9. The van der Waals surface area contributed by atoms with Crippen LogP contribution in [0.4, 0.5) is 0 Å². The van der Waals surface area contributed by atoms with Crippen LogP contribution < -0.4 is 0 Å². The van der Waals surface area contributed by atoms with Gasteiger partial charge in [-0.2, -0.15) is 0 Å². The first kappa shape index (κ1) is 37.3. The zero-order valence-electron chi connectivity index (χ0n) is 29.3. The Morgan fingerprint density at radius 3 is 2.15 bits per heavy atom. The Morgan fingerprint density at radius 1 is 0.854 bits per heavy atom. The summed E-state index contributed by atoms with van der Waals surface area (Å²) < 4.78 is 7.78. The second kappa shape index (κ2) is 16.2. The van der Waals surface area contributed by atoms with Crippen LogP contribution in [0.25, 0.3) is 54.4 Å². The number of thiophene rings is 1. The van der Waals surface area contributed by atoms with Crippen LogP contribution in [0.1, 0.15) is 74.9 Å². The number of ketones is 1. The third-order valence-corrected chi connectivity index (χ3v) is 10.4. The van der Waals surface area contributed by atoms with E-state index in [1.807, 2.05) is 40.0 Å². The van der Waals surface area contributed by atoms with Crippen molar-refractivity contribution < 1.29 is 34.4 Å². The molecule has 0 saturated carbocycles. The molecule has 3 aromatic heterocycles. The molecule has 0 bridgehead atoms. The fraction of sp³-hybridized carbons (Fsp3) is 0.333. The molecule has 0 atom stereocenters. The average molecular weight is 837 g/mol. The number of carbonyl (C=O) groups is 1. The number of fused-ring (bicyclic) bond motifs is 5. The van der Waals surface area contributed by atoms with Crippen LogP contribution in [-0.4, -0.2) is 15.9 Å². The van der Waals surface area contributed by atoms with Gasteiger partial charge in [0.05, 0.1) is 11.3 Å². The number of pyridine rings is 1. The molecule has 0 unspecified atom stereocenters. The van der Waals surface area contributed by atoms with Gasteiger partial charge in [0.2, 0.25) is 0 Å². The maximum Gasteiger partial charge on any atom is 0.162 e. The van der Waals surface area contributed by atoms with E-state index in [0.29, 0.717) is 0 Å². The molecular weight excluding hydrogens is 791 g/mol. The minimum atomic E-state index is 0. The Morgan fingerprint density at radius 2 is 1.50 bits per heavy atom. The molecule has 0 spiro atoms. The SMILES string of the molecule is CCC(CC)C(=O)/C=C(\O)C(CC)CC.Cc1cc2c(ccc3c4cc[c-]c(-c5cc(-c6c(C)cccc6C)c(C)cn5)c4oc23)s1.[Ir]. The minimum Gasteiger partial charge on any atom is -0.512 e. The molecule has 0 amide bonds. The van der Waals surface area contributed by atoms with Gasteiger partial charge in [-0.1, -0.05) is 69.0 Å². The Hall–Kier alpha value is -3.57. The molecule has 0 fully saturated rings. The molecule has 3 aromatic carbocycles. The first-order valence-corrected chi connectivity index (χ1v) is 17.7. The monoisotopic (exact) mass is 837 g/mol. The first-order chi connectivity index (χ1) is 22.6. The van der Waals surface area contributed by atoms with Crippen LogP contribution in [0.3, 0.4) is 0 Å². The topological polar surface area (TPSA) is 63.3 Å². The molecule has 253 valence electrons. The number of benzene rings is 3. The predicted octanol–water partition coefficient (Wildman–Crippen LogP) is 12.4. The van der Waals surface area contributed by atoms with Gasteiger partial charge in [-0.3, -0.25) is 4.79 Å². The van der Waals surface area contributed by atoms with Gasteiger partial charge in [-0.25, -0.2) is 0 Å². The van der Waals surface area contributed by atoms with Gasteiger partial charge in [-0.05, 0) is 99.0 Å². The number of hydrogen-bond donors (Lipinski definition) is 1.